The van der Waals surface area contributed by atoms with Crippen molar-refractivity contribution >= 4 is 5.78 Å². The largest absolute Gasteiger partial charge is 0.348 e. The van der Waals surface area contributed by atoms with Crippen molar-refractivity contribution in [2.45, 2.75) is 39.9 Å². The second kappa shape index (κ2) is 3.39. The fourth-order valence-corrected chi connectivity index (χ4v) is 1.59. The van der Waals surface area contributed by atoms with Crippen LogP contribution in [0.3, 0.4) is 0 Å². The maximum absolute atomic E-state index is 11.3. The predicted molar refractivity (Wildman–Crippen MR) is 49.4 cm³/mol. The first kappa shape index (κ1) is 10.7. The molecule has 0 aromatic carbocycles. The molecule has 3 heteroatoms. The van der Waals surface area contributed by atoms with Gasteiger partial charge in [-0.05, 0) is 13.8 Å². The normalized spacial score (nSPS) is 21.8. The molecule has 1 aliphatic rings. The van der Waals surface area contributed by atoms with E-state index in [0.29, 0.717) is 19.6 Å². The molecule has 0 amide bonds. The summed E-state index contributed by atoms with van der Waals surface area (Å²) in [6, 6.07) is 0. The van der Waals surface area contributed by atoms with E-state index in [0.717, 1.165) is 0 Å². The van der Waals surface area contributed by atoms with Gasteiger partial charge >= 0.3 is 0 Å². The van der Waals surface area contributed by atoms with Gasteiger partial charge in [-0.25, -0.2) is 0 Å². The minimum atomic E-state index is -0.560. The molecule has 1 rings (SSSR count). The molecular weight excluding hydrogens is 168 g/mol. The molecule has 1 fully saturated rings. The van der Waals surface area contributed by atoms with Crippen molar-refractivity contribution in [3.63, 3.8) is 0 Å². The van der Waals surface area contributed by atoms with Gasteiger partial charge in [0, 0.05) is 11.8 Å². The minimum Gasteiger partial charge on any atom is -0.348 e. The Morgan fingerprint density at radius 3 is 2.23 bits per heavy atom. The number of hydrogen-bond acceptors (Lipinski definition) is 3. The lowest BCUT2D eigenvalue weighted by Crippen LogP contribution is -2.36. The minimum absolute atomic E-state index is 0.174. The van der Waals surface area contributed by atoms with Gasteiger partial charge in [0.1, 0.15) is 5.78 Å². The fraction of sp³-hybridized carbons (Fsp3) is 0.900. The maximum Gasteiger partial charge on any atom is 0.166 e. The highest BCUT2D eigenvalue weighted by Crippen LogP contribution is 2.34. The van der Waals surface area contributed by atoms with Crippen LogP contribution in [0.4, 0.5) is 0 Å². The molecule has 0 atom stereocenters. The van der Waals surface area contributed by atoms with E-state index in [2.05, 4.69) is 0 Å². The Hall–Kier alpha value is -0.410. The van der Waals surface area contributed by atoms with Crippen molar-refractivity contribution in [2.24, 2.45) is 5.41 Å². The van der Waals surface area contributed by atoms with Gasteiger partial charge in [0.15, 0.2) is 5.79 Å². The molecule has 0 aromatic rings. The highest BCUT2D eigenvalue weighted by molar-refractivity contribution is 5.81. The summed E-state index contributed by atoms with van der Waals surface area (Å²) in [6.07, 6.45) is 0.620. The number of ketones is 1. The molecule has 13 heavy (non-hydrogen) atoms. The second-order valence-electron chi connectivity index (χ2n) is 4.45. The van der Waals surface area contributed by atoms with Crippen LogP contribution in [-0.4, -0.2) is 24.8 Å². The van der Waals surface area contributed by atoms with E-state index in [1.165, 1.54) is 0 Å². The molecule has 1 saturated heterocycles. The van der Waals surface area contributed by atoms with Crippen molar-refractivity contribution < 1.29 is 14.3 Å². The Morgan fingerprint density at radius 2 is 1.85 bits per heavy atom. The summed E-state index contributed by atoms with van der Waals surface area (Å²) in [5, 5.41) is 0. The lowest BCUT2D eigenvalue weighted by atomic mass is 9.82. The molecule has 0 N–H and O–H groups in total. The molecule has 0 aromatic heterocycles. The highest BCUT2D eigenvalue weighted by atomic mass is 16.7. The molecule has 0 spiro atoms. The SMILES string of the molecule is CC(=O)C(C)(C)CC1(C)OCCO1. The molecule has 0 saturated carbocycles. The van der Waals surface area contributed by atoms with E-state index in [9.17, 15) is 4.79 Å². The van der Waals surface area contributed by atoms with Gasteiger partial charge in [-0.3, -0.25) is 4.79 Å². The van der Waals surface area contributed by atoms with Gasteiger partial charge < -0.3 is 9.47 Å². The second-order valence-corrected chi connectivity index (χ2v) is 4.45. The molecule has 0 unspecified atom stereocenters. The molecule has 1 heterocycles. The summed E-state index contributed by atoms with van der Waals surface area (Å²) in [5.74, 6) is -0.386. The van der Waals surface area contributed by atoms with Crippen LogP contribution in [0.15, 0.2) is 0 Å². The zero-order valence-corrected chi connectivity index (χ0v) is 8.85. The zero-order valence-electron chi connectivity index (χ0n) is 8.85. The first-order chi connectivity index (χ1) is 5.86. The van der Waals surface area contributed by atoms with Crippen LogP contribution < -0.4 is 0 Å². The number of rotatable bonds is 3. The van der Waals surface area contributed by atoms with Crippen LogP contribution in [0.5, 0.6) is 0 Å². The lowest BCUT2D eigenvalue weighted by molar-refractivity contribution is -0.168. The van der Waals surface area contributed by atoms with Gasteiger partial charge in [-0.2, -0.15) is 0 Å². The molecule has 1 aliphatic heterocycles. The van der Waals surface area contributed by atoms with Crippen LogP contribution >= 0.6 is 0 Å². The summed E-state index contributed by atoms with van der Waals surface area (Å²) in [4.78, 5) is 11.3. The summed E-state index contributed by atoms with van der Waals surface area (Å²) < 4.78 is 10.9. The van der Waals surface area contributed by atoms with Gasteiger partial charge in [0.25, 0.3) is 0 Å². The Kier molecular flexibility index (Phi) is 2.78. The smallest absolute Gasteiger partial charge is 0.166 e. The quantitative estimate of drug-likeness (QED) is 0.673. The van der Waals surface area contributed by atoms with Crippen LogP contribution in [0.1, 0.15) is 34.1 Å². The molecule has 76 valence electrons. The topological polar surface area (TPSA) is 35.5 Å². The first-order valence-electron chi connectivity index (χ1n) is 4.65. The third-order valence-corrected chi connectivity index (χ3v) is 2.61. The van der Waals surface area contributed by atoms with E-state index >= 15 is 0 Å². The number of ether oxygens (including phenoxy) is 2. The third kappa shape index (κ3) is 2.51. The van der Waals surface area contributed by atoms with Crippen LogP contribution in [-0.2, 0) is 14.3 Å². The van der Waals surface area contributed by atoms with Crippen molar-refractivity contribution in [3.05, 3.63) is 0 Å². The summed E-state index contributed by atoms with van der Waals surface area (Å²) in [6.45, 7) is 8.61. The van der Waals surface area contributed by atoms with Crippen LogP contribution in [0.2, 0.25) is 0 Å². The van der Waals surface area contributed by atoms with E-state index < -0.39 is 5.79 Å². The number of hydrogen-bond donors (Lipinski definition) is 0. The number of carbonyl (C=O) groups is 1. The van der Waals surface area contributed by atoms with Gasteiger partial charge in [0.05, 0.1) is 13.2 Å². The molecular formula is C10H18O3. The first-order valence-corrected chi connectivity index (χ1v) is 4.65. The van der Waals surface area contributed by atoms with E-state index in [1.807, 2.05) is 20.8 Å². The summed E-state index contributed by atoms with van der Waals surface area (Å²) >= 11 is 0. The predicted octanol–water partition coefficient (Wildman–Crippen LogP) is 1.75. The fourth-order valence-electron chi connectivity index (χ4n) is 1.59. The van der Waals surface area contributed by atoms with Gasteiger partial charge in [0.2, 0.25) is 0 Å². The average molecular weight is 186 g/mol. The molecule has 0 radical (unpaired) electrons. The number of Topliss-reactive ketones (excluding diaryl/α,β-unsaturated/α-hetero) is 1. The molecule has 0 aliphatic carbocycles. The van der Waals surface area contributed by atoms with Crippen LogP contribution in [0.25, 0.3) is 0 Å². The average Bonchev–Trinajstić information content (AvgIpc) is 2.34. The monoisotopic (exact) mass is 186 g/mol. The van der Waals surface area contributed by atoms with Gasteiger partial charge in [-0.15, -0.1) is 0 Å². The highest BCUT2D eigenvalue weighted by Gasteiger charge is 2.39. The van der Waals surface area contributed by atoms with Crippen molar-refractivity contribution in [2.75, 3.05) is 13.2 Å². The van der Waals surface area contributed by atoms with Gasteiger partial charge in [-0.1, -0.05) is 13.8 Å². The standard InChI is InChI=1S/C10H18O3/c1-8(11)9(2,3)7-10(4)12-5-6-13-10/h5-7H2,1-4H3. The van der Waals surface area contributed by atoms with Crippen LogP contribution in [0, 0.1) is 5.41 Å². The Balaban J connectivity index is 2.61. The Labute approximate surface area is 79.4 Å². The Morgan fingerprint density at radius 1 is 1.38 bits per heavy atom. The summed E-state index contributed by atoms with van der Waals surface area (Å²) in [5.41, 5.74) is -0.362. The summed E-state index contributed by atoms with van der Waals surface area (Å²) in [7, 11) is 0. The van der Waals surface area contributed by atoms with E-state index in [-0.39, 0.29) is 11.2 Å². The maximum atomic E-state index is 11.3. The number of carbonyl (C=O) groups excluding carboxylic acids is 1. The third-order valence-electron chi connectivity index (χ3n) is 2.61. The molecule has 0 bridgehead atoms. The Bertz CT molecular complexity index is 202. The lowest BCUT2D eigenvalue weighted by Gasteiger charge is -2.31. The van der Waals surface area contributed by atoms with E-state index in [4.69, 9.17) is 9.47 Å². The molecule has 3 nitrogen and oxygen atoms in total. The van der Waals surface area contributed by atoms with E-state index in [1.54, 1.807) is 6.92 Å². The zero-order chi connectivity index (χ0) is 10.1. The van der Waals surface area contributed by atoms with Crippen molar-refractivity contribution in [1.29, 1.82) is 0 Å². The van der Waals surface area contributed by atoms with Crippen molar-refractivity contribution in [1.82, 2.24) is 0 Å². The van der Waals surface area contributed by atoms with Crippen molar-refractivity contribution in [3.8, 4) is 0 Å².